The highest BCUT2D eigenvalue weighted by Crippen LogP contribution is 2.22. The molecule has 1 aromatic heterocycles. The molecule has 0 fully saturated rings. The lowest BCUT2D eigenvalue weighted by Gasteiger charge is -2.10. The van der Waals surface area contributed by atoms with Crippen LogP contribution in [-0.4, -0.2) is 10.2 Å². The van der Waals surface area contributed by atoms with Crippen molar-refractivity contribution < 1.29 is 0 Å². The Labute approximate surface area is 93.0 Å². The SMILES string of the molecule is C[C@H](Cc1nncs1)c1cccc(N)c1. The Morgan fingerprint density at radius 3 is 3.00 bits per heavy atom. The van der Waals surface area contributed by atoms with Crippen LogP contribution in [0.3, 0.4) is 0 Å². The summed E-state index contributed by atoms with van der Waals surface area (Å²) in [5, 5.41) is 8.95. The molecule has 0 aliphatic heterocycles. The maximum atomic E-state index is 5.74. The van der Waals surface area contributed by atoms with E-state index in [1.807, 2.05) is 18.2 Å². The zero-order valence-corrected chi connectivity index (χ0v) is 9.37. The van der Waals surface area contributed by atoms with Crippen LogP contribution in [0.1, 0.15) is 23.4 Å². The van der Waals surface area contributed by atoms with Crippen molar-refractivity contribution in [1.29, 1.82) is 0 Å². The zero-order chi connectivity index (χ0) is 10.7. The van der Waals surface area contributed by atoms with E-state index in [0.29, 0.717) is 5.92 Å². The molecule has 1 atom stereocenters. The number of rotatable bonds is 3. The van der Waals surface area contributed by atoms with Gasteiger partial charge in [-0.25, -0.2) is 0 Å². The highest BCUT2D eigenvalue weighted by atomic mass is 32.1. The normalized spacial score (nSPS) is 12.6. The van der Waals surface area contributed by atoms with Crippen LogP contribution in [0.4, 0.5) is 5.69 Å². The van der Waals surface area contributed by atoms with Gasteiger partial charge in [-0.3, -0.25) is 0 Å². The van der Waals surface area contributed by atoms with E-state index >= 15 is 0 Å². The average Bonchev–Trinajstić information content (AvgIpc) is 2.70. The predicted molar refractivity (Wildman–Crippen MR) is 62.9 cm³/mol. The molecule has 3 nitrogen and oxygen atoms in total. The lowest BCUT2D eigenvalue weighted by atomic mass is 9.98. The van der Waals surface area contributed by atoms with Crippen LogP contribution < -0.4 is 5.73 Å². The molecule has 15 heavy (non-hydrogen) atoms. The summed E-state index contributed by atoms with van der Waals surface area (Å²) in [6.45, 7) is 2.18. The van der Waals surface area contributed by atoms with Crippen LogP contribution in [0.5, 0.6) is 0 Å². The standard InChI is InChI=1S/C11H13N3S/c1-8(5-11-14-13-7-15-11)9-3-2-4-10(12)6-9/h2-4,6-8H,5,12H2,1H3/t8-/m1/s1. The second-order valence-corrected chi connectivity index (χ2v) is 4.53. The van der Waals surface area contributed by atoms with E-state index in [-0.39, 0.29) is 0 Å². The smallest absolute Gasteiger partial charge is 0.117 e. The number of anilines is 1. The summed E-state index contributed by atoms with van der Waals surface area (Å²) < 4.78 is 0. The number of hydrogen-bond donors (Lipinski definition) is 1. The minimum absolute atomic E-state index is 0.432. The predicted octanol–water partition coefficient (Wildman–Crippen LogP) is 2.47. The molecule has 0 amide bonds. The van der Waals surface area contributed by atoms with Crippen LogP contribution in [0.15, 0.2) is 29.8 Å². The first-order valence-electron chi connectivity index (χ1n) is 4.86. The van der Waals surface area contributed by atoms with Gasteiger partial charge in [-0.1, -0.05) is 19.1 Å². The van der Waals surface area contributed by atoms with E-state index in [4.69, 9.17) is 5.73 Å². The molecule has 0 spiro atoms. The summed E-state index contributed by atoms with van der Waals surface area (Å²) in [4.78, 5) is 0. The Kier molecular flexibility index (Phi) is 2.97. The third-order valence-corrected chi connectivity index (χ3v) is 3.09. The van der Waals surface area contributed by atoms with E-state index in [1.54, 1.807) is 16.8 Å². The van der Waals surface area contributed by atoms with Gasteiger partial charge in [0.05, 0.1) is 0 Å². The number of nitrogen functional groups attached to an aromatic ring is 1. The highest BCUT2D eigenvalue weighted by Gasteiger charge is 2.08. The van der Waals surface area contributed by atoms with Crippen molar-refractivity contribution in [2.45, 2.75) is 19.3 Å². The largest absolute Gasteiger partial charge is 0.399 e. The topological polar surface area (TPSA) is 51.8 Å². The minimum Gasteiger partial charge on any atom is -0.399 e. The Morgan fingerprint density at radius 2 is 2.33 bits per heavy atom. The van der Waals surface area contributed by atoms with Crippen molar-refractivity contribution in [1.82, 2.24) is 10.2 Å². The highest BCUT2D eigenvalue weighted by molar-refractivity contribution is 7.09. The summed E-state index contributed by atoms with van der Waals surface area (Å²) >= 11 is 1.60. The quantitative estimate of drug-likeness (QED) is 0.807. The van der Waals surface area contributed by atoms with E-state index in [2.05, 4.69) is 23.2 Å². The van der Waals surface area contributed by atoms with Gasteiger partial charge in [0.2, 0.25) is 0 Å². The van der Waals surface area contributed by atoms with Gasteiger partial charge in [0.25, 0.3) is 0 Å². The minimum atomic E-state index is 0.432. The molecule has 4 heteroatoms. The van der Waals surface area contributed by atoms with E-state index in [9.17, 15) is 0 Å². The number of aromatic nitrogens is 2. The maximum absolute atomic E-state index is 5.74. The fourth-order valence-corrected chi connectivity index (χ4v) is 2.19. The summed E-state index contributed by atoms with van der Waals surface area (Å²) in [5.74, 6) is 0.432. The lowest BCUT2D eigenvalue weighted by molar-refractivity contribution is 0.745. The van der Waals surface area contributed by atoms with Crippen molar-refractivity contribution in [2.75, 3.05) is 5.73 Å². The van der Waals surface area contributed by atoms with Gasteiger partial charge in [0.15, 0.2) is 0 Å². The van der Waals surface area contributed by atoms with Gasteiger partial charge in [0.1, 0.15) is 10.5 Å². The van der Waals surface area contributed by atoms with Gasteiger partial charge in [-0.05, 0) is 23.6 Å². The Bertz CT molecular complexity index is 425. The third-order valence-electron chi connectivity index (χ3n) is 2.37. The summed E-state index contributed by atoms with van der Waals surface area (Å²) in [6, 6.07) is 8.01. The Hall–Kier alpha value is -1.42. The average molecular weight is 219 g/mol. The van der Waals surface area contributed by atoms with Crippen LogP contribution in [0.25, 0.3) is 0 Å². The fourth-order valence-electron chi connectivity index (χ4n) is 1.53. The number of nitrogens with two attached hydrogens (primary N) is 1. The maximum Gasteiger partial charge on any atom is 0.117 e. The molecule has 0 bridgehead atoms. The van der Waals surface area contributed by atoms with Crippen molar-refractivity contribution >= 4 is 17.0 Å². The van der Waals surface area contributed by atoms with Gasteiger partial charge in [-0.15, -0.1) is 21.5 Å². The van der Waals surface area contributed by atoms with Crippen LogP contribution in [-0.2, 0) is 6.42 Å². The van der Waals surface area contributed by atoms with Crippen molar-refractivity contribution in [3.63, 3.8) is 0 Å². The van der Waals surface area contributed by atoms with E-state index < -0.39 is 0 Å². The second kappa shape index (κ2) is 4.40. The van der Waals surface area contributed by atoms with Gasteiger partial charge in [-0.2, -0.15) is 0 Å². The van der Waals surface area contributed by atoms with Crippen molar-refractivity contribution in [3.05, 3.63) is 40.3 Å². The summed E-state index contributed by atoms with van der Waals surface area (Å²) in [7, 11) is 0. The molecule has 0 saturated heterocycles. The molecular formula is C11H13N3S. The number of hydrogen-bond acceptors (Lipinski definition) is 4. The first kappa shape index (κ1) is 10.1. The molecule has 0 aliphatic carbocycles. The molecule has 1 heterocycles. The molecular weight excluding hydrogens is 206 g/mol. The Balaban J connectivity index is 2.11. The third kappa shape index (κ3) is 2.53. The molecule has 2 rings (SSSR count). The molecule has 0 unspecified atom stereocenters. The van der Waals surface area contributed by atoms with Crippen molar-refractivity contribution in [2.24, 2.45) is 0 Å². The first-order valence-corrected chi connectivity index (χ1v) is 5.74. The second-order valence-electron chi connectivity index (χ2n) is 3.61. The van der Waals surface area contributed by atoms with Crippen LogP contribution >= 0.6 is 11.3 Å². The van der Waals surface area contributed by atoms with Gasteiger partial charge >= 0.3 is 0 Å². The molecule has 0 aliphatic rings. The van der Waals surface area contributed by atoms with Crippen LogP contribution in [0.2, 0.25) is 0 Å². The number of nitrogens with zero attached hydrogens (tertiary/aromatic N) is 2. The lowest BCUT2D eigenvalue weighted by Crippen LogP contribution is -1.99. The van der Waals surface area contributed by atoms with Crippen LogP contribution in [0, 0.1) is 0 Å². The van der Waals surface area contributed by atoms with E-state index in [1.165, 1.54) is 5.56 Å². The Morgan fingerprint density at radius 1 is 1.47 bits per heavy atom. The fraction of sp³-hybridized carbons (Fsp3) is 0.273. The summed E-state index contributed by atoms with van der Waals surface area (Å²) in [5.41, 5.74) is 9.58. The monoisotopic (exact) mass is 219 g/mol. The first-order chi connectivity index (χ1) is 7.25. The number of benzene rings is 1. The molecule has 2 aromatic rings. The van der Waals surface area contributed by atoms with Gasteiger partial charge in [0, 0.05) is 12.1 Å². The summed E-state index contributed by atoms with van der Waals surface area (Å²) in [6.07, 6.45) is 0.925. The molecule has 2 N–H and O–H groups in total. The van der Waals surface area contributed by atoms with Gasteiger partial charge < -0.3 is 5.73 Å². The molecule has 0 radical (unpaired) electrons. The van der Waals surface area contributed by atoms with Crippen molar-refractivity contribution in [3.8, 4) is 0 Å². The van der Waals surface area contributed by atoms with E-state index in [0.717, 1.165) is 17.1 Å². The molecule has 78 valence electrons. The zero-order valence-electron chi connectivity index (χ0n) is 8.55. The molecule has 1 aromatic carbocycles. The molecule has 0 saturated carbocycles.